The highest BCUT2D eigenvalue weighted by Crippen LogP contribution is 2.54. The molecular weight excluding hydrogens is 400 g/mol. The lowest BCUT2D eigenvalue weighted by Gasteiger charge is -2.71. The Balaban J connectivity index is 1.40. The van der Waals surface area contributed by atoms with Gasteiger partial charge in [-0.3, -0.25) is 9.69 Å². The zero-order valence-corrected chi connectivity index (χ0v) is 19.0. The standard InChI is InChI=1S/C27H34N2O3/c1-32-23-14-8-9-20(15-23)16-29-24(17-30)25(21-10-4-2-5-11-21)27(29)18-28(19-27)26(31)22-12-6-3-7-13-22/h2,4-5,8-11,14-15,22,24-25,30H,3,6-7,12-13,16-19H2,1H3/t24-,25+/m1/s1. The average molecular weight is 435 g/mol. The number of likely N-dealkylation sites (tertiary alicyclic amines) is 2. The van der Waals surface area contributed by atoms with Crippen molar-refractivity contribution in [1.29, 1.82) is 0 Å². The molecule has 2 saturated heterocycles. The van der Waals surface area contributed by atoms with Crippen molar-refractivity contribution in [2.45, 2.75) is 56.1 Å². The van der Waals surface area contributed by atoms with Crippen molar-refractivity contribution < 1.29 is 14.6 Å². The molecule has 3 aliphatic rings. The molecule has 1 spiro atoms. The molecule has 5 rings (SSSR count). The van der Waals surface area contributed by atoms with E-state index in [4.69, 9.17) is 4.74 Å². The number of methoxy groups -OCH3 is 1. The van der Waals surface area contributed by atoms with Crippen molar-refractivity contribution in [2.24, 2.45) is 5.92 Å². The molecule has 1 saturated carbocycles. The normalized spacial score (nSPS) is 25.2. The van der Waals surface area contributed by atoms with Gasteiger partial charge in [-0.25, -0.2) is 0 Å². The number of amides is 1. The summed E-state index contributed by atoms with van der Waals surface area (Å²) in [5.74, 6) is 1.63. The van der Waals surface area contributed by atoms with Crippen LogP contribution in [0.2, 0.25) is 0 Å². The molecule has 1 aliphatic carbocycles. The Labute approximate surface area is 191 Å². The van der Waals surface area contributed by atoms with Gasteiger partial charge in [-0.2, -0.15) is 0 Å². The van der Waals surface area contributed by atoms with Crippen LogP contribution in [0.1, 0.15) is 49.1 Å². The number of aliphatic hydroxyl groups excluding tert-OH is 1. The summed E-state index contributed by atoms with van der Waals surface area (Å²) < 4.78 is 5.42. The number of rotatable bonds is 6. The summed E-state index contributed by atoms with van der Waals surface area (Å²) in [6, 6.07) is 18.7. The van der Waals surface area contributed by atoms with Crippen LogP contribution in [-0.4, -0.2) is 59.2 Å². The Morgan fingerprint density at radius 2 is 1.81 bits per heavy atom. The highest BCUT2D eigenvalue weighted by Gasteiger charge is 2.66. The molecule has 32 heavy (non-hydrogen) atoms. The number of carbonyl (C=O) groups excluding carboxylic acids is 1. The lowest BCUT2D eigenvalue weighted by atomic mass is 9.60. The van der Waals surface area contributed by atoms with E-state index in [0.29, 0.717) is 5.91 Å². The van der Waals surface area contributed by atoms with Crippen LogP contribution in [0.5, 0.6) is 5.75 Å². The second-order valence-electron chi connectivity index (χ2n) is 9.75. The number of nitrogens with zero attached hydrogens (tertiary/aromatic N) is 2. The van der Waals surface area contributed by atoms with Crippen LogP contribution in [-0.2, 0) is 11.3 Å². The van der Waals surface area contributed by atoms with Crippen molar-refractivity contribution in [1.82, 2.24) is 9.80 Å². The minimum atomic E-state index is -0.109. The summed E-state index contributed by atoms with van der Waals surface area (Å²) >= 11 is 0. The van der Waals surface area contributed by atoms with Crippen LogP contribution in [0.15, 0.2) is 54.6 Å². The summed E-state index contributed by atoms with van der Waals surface area (Å²) in [5, 5.41) is 10.4. The van der Waals surface area contributed by atoms with Crippen LogP contribution in [0.25, 0.3) is 0 Å². The van der Waals surface area contributed by atoms with Gasteiger partial charge in [-0.1, -0.05) is 61.7 Å². The van der Waals surface area contributed by atoms with Gasteiger partial charge in [-0.05, 0) is 36.1 Å². The first kappa shape index (κ1) is 21.5. The average Bonchev–Trinajstić information content (AvgIpc) is 2.82. The predicted octanol–water partition coefficient (Wildman–Crippen LogP) is 3.82. The Bertz CT molecular complexity index is 935. The van der Waals surface area contributed by atoms with Gasteiger partial charge in [0.15, 0.2) is 0 Å². The highest BCUT2D eigenvalue weighted by atomic mass is 16.5. The number of hydrogen-bond acceptors (Lipinski definition) is 4. The molecule has 0 radical (unpaired) electrons. The van der Waals surface area contributed by atoms with Crippen LogP contribution >= 0.6 is 0 Å². The molecule has 1 amide bonds. The van der Waals surface area contributed by atoms with E-state index in [0.717, 1.165) is 38.2 Å². The summed E-state index contributed by atoms with van der Waals surface area (Å²) in [6.07, 6.45) is 5.69. The monoisotopic (exact) mass is 434 g/mol. The van der Waals surface area contributed by atoms with Crippen molar-refractivity contribution in [3.05, 3.63) is 65.7 Å². The first-order chi connectivity index (χ1) is 15.7. The fourth-order valence-electron chi connectivity index (χ4n) is 6.36. The SMILES string of the molecule is COc1cccc(CN2[C@H](CO)[C@H](c3ccccc3)C23CN(C(=O)C2CCCCC2)C3)c1. The van der Waals surface area contributed by atoms with Crippen LogP contribution in [0, 0.1) is 5.92 Å². The van der Waals surface area contributed by atoms with E-state index in [9.17, 15) is 9.90 Å². The lowest BCUT2D eigenvalue weighted by molar-refractivity contribution is -0.202. The van der Waals surface area contributed by atoms with Gasteiger partial charge in [0.05, 0.1) is 19.3 Å². The fraction of sp³-hybridized carbons (Fsp3) is 0.519. The number of ether oxygens (including phenoxy) is 1. The lowest BCUT2D eigenvalue weighted by Crippen LogP contribution is -2.84. The topological polar surface area (TPSA) is 53.0 Å². The molecule has 3 fully saturated rings. The predicted molar refractivity (Wildman–Crippen MR) is 124 cm³/mol. The maximum absolute atomic E-state index is 13.2. The minimum Gasteiger partial charge on any atom is -0.497 e. The van der Waals surface area contributed by atoms with Crippen molar-refractivity contribution in [3.63, 3.8) is 0 Å². The third-order valence-electron chi connectivity index (χ3n) is 7.96. The molecule has 0 bridgehead atoms. The number of carbonyl (C=O) groups is 1. The zero-order chi connectivity index (χ0) is 22.1. The first-order valence-corrected chi connectivity index (χ1v) is 12.0. The molecule has 2 aromatic carbocycles. The highest BCUT2D eigenvalue weighted by molar-refractivity contribution is 5.80. The van der Waals surface area contributed by atoms with Gasteiger partial charge in [0.25, 0.3) is 0 Å². The molecule has 0 unspecified atom stereocenters. The van der Waals surface area contributed by atoms with Crippen molar-refractivity contribution in [2.75, 3.05) is 26.8 Å². The second-order valence-corrected chi connectivity index (χ2v) is 9.75. The molecular formula is C27H34N2O3. The Hall–Kier alpha value is -2.37. The van der Waals surface area contributed by atoms with E-state index < -0.39 is 0 Å². The van der Waals surface area contributed by atoms with Gasteiger partial charge in [0.1, 0.15) is 5.75 Å². The molecule has 2 aromatic rings. The third kappa shape index (κ3) is 3.61. The van der Waals surface area contributed by atoms with Gasteiger partial charge < -0.3 is 14.7 Å². The van der Waals surface area contributed by atoms with Crippen LogP contribution in [0.3, 0.4) is 0 Å². The van der Waals surface area contributed by atoms with Crippen LogP contribution in [0.4, 0.5) is 0 Å². The molecule has 5 nitrogen and oxygen atoms in total. The summed E-state index contributed by atoms with van der Waals surface area (Å²) in [6.45, 7) is 2.36. The number of aliphatic hydroxyl groups is 1. The molecule has 2 atom stereocenters. The Kier molecular flexibility index (Phi) is 5.95. The van der Waals surface area contributed by atoms with Gasteiger partial charge >= 0.3 is 0 Å². The number of benzene rings is 2. The molecule has 2 aliphatic heterocycles. The van der Waals surface area contributed by atoms with E-state index in [1.807, 2.05) is 18.2 Å². The van der Waals surface area contributed by atoms with E-state index in [2.05, 4.69) is 46.2 Å². The van der Waals surface area contributed by atoms with Gasteiger partial charge in [0.2, 0.25) is 5.91 Å². The summed E-state index contributed by atoms with van der Waals surface area (Å²) in [7, 11) is 1.69. The molecule has 0 aromatic heterocycles. The third-order valence-corrected chi connectivity index (χ3v) is 7.96. The van der Waals surface area contributed by atoms with Gasteiger partial charge in [-0.15, -0.1) is 0 Å². The van der Waals surface area contributed by atoms with E-state index >= 15 is 0 Å². The first-order valence-electron chi connectivity index (χ1n) is 12.0. The zero-order valence-electron chi connectivity index (χ0n) is 19.0. The van der Waals surface area contributed by atoms with Crippen molar-refractivity contribution >= 4 is 5.91 Å². The molecule has 2 heterocycles. The largest absolute Gasteiger partial charge is 0.497 e. The summed E-state index contributed by atoms with van der Waals surface area (Å²) in [5.41, 5.74) is 2.33. The second kappa shape index (κ2) is 8.87. The maximum Gasteiger partial charge on any atom is 0.225 e. The van der Waals surface area contributed by atoms with Gasteiger partial charge in [0, 0.05) is 37.5 Å². The minimum absolute atomic E-state index is 0.0514. The van der Waals surface area contributed by atoms with Crippen LogP contribution < -0.4 is 4.74 Å². The van der Waals surface area contributed by atoms with E-state index in [1.165, 1.54) is 30.4 Å². The molecule has 5 heteroatoms. The smallest absolute Gasteiger partial charge is 0.225 e. The maximum atomic E-state index is 13.2. The quantitative estimate of drug-likeness (QED) is 0.751. The Morgan fingerprint density at radius 3 is 2.50 bits per heavy atom. The van der Waals surface area contributed by atoms with E-state index in [-0.39, 0.29) is 30.0 Å². The summed E-state index contributed by atoms with van der Waals surface area (Å²) in [4.78, 5) is 17.7. The Morgan fingerprint density at radius 1 is 1.06 bits per heavy atom. The van der Waals surface area contributed by atoms with Crippen molar-refractivity contribution in [3.8, 4) is 5.75 Å². The van der Waals surface area contributed by atoms with E-state index in [1.54, 1.807) is 7.11 Å². The molecule has 1 N–H and O–H groups in total. The molecule has 170 valence electrons. The number of hydrogen-bond donors (Lipinski definition) is 1. The fourth-order valence-corrected chi connectivity index (χ4v) is 6.36.